The Balaban J connectivity index is 0.000000671. The van der Waals surface area contributed by atoms with Crippen molar-refractivity contribution in [1.82, 2.24) is 0 Å². The van der Waals surface area contributed by atoms with Gasteiger partial charge in [-0.1, -0.05) is 44.2 Å². The molecule has 0 saturated carbocycles. The average Bonchev–Trinajstić information content (AvgIpc) is 2.21. The fraction of sp³-hybridized carbons (Fsp3) is 0.364. The van der Waals surface area contributed by atoms with Crippen molar-refractivity contribution in [2.24, 2.45) is 5.92 Å². The first-order valence-corrected chi connectivity index (χ1v) is 5.15. The van der Waals surface area contributed by atoms with E-state index in [4.69, 9.17) is 0 Å². The summed E-state index contributed by atoms with van der Waals surface area (Å²) in [4.78, 5) is 11.3. The van der Waals surface area contributed by atoms with E-state index in [0.717, 1.165) is 5.56 Å². The predicted molar refractivity (Wildman–Crippen MR) is 60.5 cm³/mol. The summed E-state index contributed by atoms with van der Waals surface area (Å²) in [5, 5.41) is 0. The molecule has 2 heteroatoms. The van der Waals surface area contributed by atoms with Crippen LogP contribution in [0.2, 0.25) is 0 Å². The molecule has 13 heavy (non-hydrogen) atoms. The molecule has 0 saturated heterocycles. The van der Waals surface area contributed by atoms with E-state index in [1.54, 1.807) is 6.26 Å². The molecular formula is C11H16OS. The molecule has 0 spiro atoms. The Hall–Kier alpha value is -0.760. The molecule has 0 fully saturated rings. The number of Topliss-reactive ketones (excluding diaryl/α,β-unsaturated/α-hetero) is 1. The van der Waals surface area contributed by atoms with Gasteiger partial charge in [-0.15, -0.1) is 0 Å². The minimum Gasteiger partial charge on any atom is -0.294 e. The molecule has 0 aliphatic carbocycles. The van der Waals surface area contributed by atoms with Gasteiger partial charge in [0.1, 0.15) is 0 Å². The molecule has 0 aliphatic heterocycles. The molecule has 0 N–H and O–H groups in total. The summed E-state index contributed by atoms with van der Waals surface area (Å²) in [6, 6.07) is 9.38. The van der Waals surface area contributed by atoms with Crippen LogP contribution in [0.3, 0.4) is 0 Å². The SMILES string of the molecule is CC(C)C(=O)c1ccccc1.CS. The first-order chi connectivity index (χ1) is 6.22. The summed E-state index contributed by atoms with van der Waals surface area (Å²) in [5.74, 6) is 0.308. The van der Waals surface area contributed by atoms with Gasteiger partial charge in [0.15, 0.2) is 5.78 Å². The summed E-state index contributed by atoms with van der Waals surface area (Å²) in [5.41, 5.74) is 0.808. The van der Waals surface area contributed by atoms with Crippen molar-refractivity contribution in [2.45, 2.75) is 13.8 Å². The Morgan fingerprint density at radius 3 is 2.00 bits per heavy atom. The van der Waals surface area contributed by atoms with Crippen LogP contribution < -0.4 is 0 Å². The molecule has 0 atom stereocenters. The Bertz CT molecular complexity index is 242. The van der Waals surface area contributed by atoms with Gasteiger partial charge in [0.2, 0.25) is 0 Å². The molecule has 0 bridgehead atoms. The first kappa shape index (κ1) is 12.2. The van der Waals surface area contributed by atoms with Gasteiger partial charge in [-0.25, -0.2) is 0 Å². The van der Waals surface area contributed by atoms with Crippen LogP contribution in [0.25, 0.3) is 0 Å². The highest BCUT2D eigenvalue weighted by Gasteiger charge is 2.08. The minimum atomic E-state index is 0.0948. The minimum absolute atomic E-state index is 0.0948. The van der Waals surface area contributed by atoms with Crippen LogP contribution in [0.5, 0.6) is 0 Å². The Kier molecular flexibility index (Phi) is 6.33. The van der Waals surface area contributed by atoms with E-state index in [1.807, 2.05) is 44.2 Å². The van der Waals surface area contributed by atoms with Crippen molar-refractivity contribution in [1.29, 1.82) is 0 Å². The van der Waals surface area contributed by atoms with Gasteiger partial charge in [0, 0.05) is 11.5 Å². The highest BCUT2D eigenvalue weighted by atomic mass is 32.1. The van der Waals surface area contributed by atoms with Crippen LogP contribution in [-0.4, -0.2) is 12.0 Å². The number of rotatable bonds is 2. The maximum atomic E-state index is 11.3. The van der Waals surface area contributed by atoms with Gasteiger partial charge in [-0.05, 0) is 6.26 Å². The Morgan fingerprint density at radius 1 is 1.15 bits per heavy atom. The van der Waals surface area contributed by atoms with Crippen LogP contribution in [-0.2, 0) is 0 Å². The molecule has 0 radical (unpaired) electrons. The van der Waals surface area contributed by atoms with E-state index in [0.29, 0.717) is 0 Å². The summed E-state index contributed by atoms with van der Waals surface area (Å²) >= 11 is 3.53. The van der Waals surface area contributed by atoms with Crippen molar-refractivity contribution in [2.75, 3.05) is 6.26 Å². The number of hydrogen-bond acceptors (Lipinski definition) is 2. The normalized spacial score (nSPS) is 9.00. The van der Waals surface area contributed by atoms with Crippen LogP contribution >= 0.6 is 12.6 Å². The van der Waals surface area contributed by atoms with Crippen molar-refractivity contribution in [3.63, 3.8) is 0 Å². The van der Waals surface area contributed by atoms with Crippen molar-refractivity contribution in [3.05, 3.63) is 35.9 Å². The average molecular weight is 196 g/mol. The summed E-state index contributed by atoms with van der Waals surface area (Å²) in [6.45, 7) is 3.82. The second-order valence-electron chi connectivity index (χ2n) is 2.88. The number of benzene rings is 1. The standard InChI is InChI=1S/C10H12O.CH4S/c1-8(2)10(11)9-6-4-3-5-7-9;1-2/h3-8H,1-2H3;2H,1H3. The number of carbonyl (C=O) groups is 1. The van der Waals surface area contributed by atoms with E-state index < -0.39 is 0 Å². The third kappa shape index (κ3) is 4.13. The van der Waals surface area contributed by atoms with E-state index >= 15 is 0 Å². The molecular weight excluding hydrogens is 180 g/mol. The Morgan fingerprint density at radius 2 is 1.62 bits per heavy atom. The third-order valence-electron chi connectivity index (χ3n) is 1.58. The summed E-state index contributed by atoms with van der Waals surface area (Å²) in [7, 11) is 0. The lowest BCUT2D eigenvalue weighted by molar-refractivity contribution is 0.0939. The number of hydrogen-bond donors (Lipinski definition) is 1. The largest absolute Gasteiger partial charge is 0.294 e. The molecule has 0 heterocycles. The van der Waals surface area contributed by atoms with E-state index in [2.05, 4.69) is 12.6 Å². The van der Waals surface area contributed by atoms with Crippen molar-refractivity contribution < 1.29 is 4.79 Å². The molecule has 0 unspecified atom stereocenters. The second-order valence-corrected chi connectivity index (χ2v) is 2.88. The summed E-state index contributed by atoms with van der Waals surface area (Å²) in [6.07, 6.45) is 1.69. The topological polar surface area (TPSA) is 17.1 Å². The third-order valence-corrected chi connectivity index (χ3v) is 1.58. The zero-order valence-electron chi connectivity index (χ0n) is 8.32. The highest BCUT2D eigenvalue weighted by molar-refractivity contribution is 7.79. The molecule has 72 valence electrons. The van der Waals surface area contributed by atoms with Gasteiger partial charge >= 0.3 is 0 Å². The lowest BCUT2D eigenvalue weighted by Gasteiger charge is -2.01. The zero-order valence-corrected chi connectivity index (χ0v) is 9.21. The van der Waals surface area contributed by atoms with Gasteiger partial charge in [0.25, 0.3) is 0 Å². The molecule has 0 aliphatic rings. The van der Waals surface area contributed by atoms with Crippen LogP contribution in [0.1, 0.15) is 24.2 Å². The molecule has 1 rings (SSSR count). The van der Waals surface area contributed by atoms with E-state index in [1.165, 1.54) is 0 Å². The predicted octanol–water partition coefficient (Wildman–Crippen LogP) is 3.07. The first-order valence-electron chi connectivity index (χ1n) is 4.26. The summed E-state index contributed by atoms with van der Waals surface area (Å²) < 4.78 is 0. The lowest BCUT2D eigenvalue weighted by atomic mass is 10.0. The fourth-order valence-electron chi connectivity index (χ4n) is 0.936. The highest BCUT2D eigenvalue weighted by Crippen LogP contribution is 2.06. The maximum absolute atomic E-state index is 11.3. The quantitative estimate of drug-likeness (QED) is 0.568. The fourth-order valence-corrected chi connectivity index (χ4v) is 0.936. The maximum Gasteiger partial charge on any atom is 0.165 e. The van der Waals surface area contributed by atoms with Crippen LogP contribution in [0.15, 0.2) is 30.3 Å². The van der Waals surface area contributed by atoms with E-state index in [9.17, 15) is 4.79 Å². The van der Waals surface area contributed by atoms with Gasteiger partial charge in [-0.3, -0.25) is 4.79 Å². The van der Waals surface area contributed by atoms with Crippen LogP contribution in [0.4, 0.5) is 0 Å². The molecule has 1 aromatic rings. The zero-order chi connectivity index (χ0) is 10.3. The van der Waals surface area contributed by atoms with Gasteiger partial charge in [0.05, 0.1) is 0 Å². The Labute approximate surface area is 85.6 Å². The molecule has 0 aromatic heterocycles. The van der Waals surface area contributed by atoms with Crippen molar-refractivity contribution >= 4 is 18.4 Å². The van der Waals surface area contributed by atoms with Gasteiger partial charge in [-0.2, -0.15) is 12.6 Å². The van der Waals surface area contributed by atoms with Gasteiger partial charge < -0.3 is 0 Å². The number of carbonyl (C=O) groups excluding carboxylic acids is 1. The number of ketones is 1. The second kappa shape index (κ2) is 6.72. The smallest absolute Gasteiger partial charge is 0.165 e. The van der Waals surface area contributed by atoms with Crippen LogP contribution in [0, 0.1) is 5.92 Å². The van der Waals surface area contributed by atoms with Crippen molar-refractivity contribution in [3.8, 4) is 0 Å². The number of thiol groups is 1. The molecule has 1 aromatic carbocycles. The monoisotopic (exact) mass is 196 g/mol. The molecule has 1 nitrogen and oxygen atoms in total. The lowest BCUT2D eigenvalue weighted by Crippen LogP contribution is -2.06. The molecule has 0 amide bonds. The van der Waals surface area contributed by atoms with E-state index in [-0.39, 0.29) is 11.7 Å².